The lowest BCUT2D eigenvalue weighted by atomic mass is 10.00. The van der Waals surface area contributed by atoms with Crippen LogP contribution in [0.2, 0.25) is 0 Å². The second-order valence-corrected chi connectivity index (χ2v) is 8.03. The predicted molar refractivity (Wildman–Crippen MR) is 120 cm³/mol. The molecule has 0 N–H and O–H groups in total. The number of halogens is 1. The molecular weight excluding hydrogens is 407 g/mol. The van der Waals surface area contributed by atoms with Crippen LogP contribution >= 0.6 is 0 Å². The van der Waals surface area contributed by atoms with E-state index >= 15 is 0 Å². The second kappa shape index (κ2) is 10.5. The number of piperidine rings is 1. The van der Waals surface area contributed by atoms with Crippen molar-refractivity contribution in [3.8, 4) is 0 Å². The number of aromatic nitrogens is 1. The third kappa shape index (κ3) is 5.58. The molecule has 4 rings (SSSR count). The summed E-state index contributed by atoms with van der Waals surface area (Å²) in [4.78, 5) is 18.3. The monoisotopic (exact) mass is 434 g/mol. The largest absolute Gasteiger partial charge is 0.465 e. The van der Waals surface area contributed by atoms with Crippen LogP contribution in [0.3, 0.4) is 0 Å². The van der Waals surface area contributed by atoms with Gasteiger partial charge in [0, 0.05) is 32.0 Å². The fourth-order valence-corrected chi connectivity index (χ4v) is 4.07. The summed E-state index contributed by atoms with van der Waals surface area (Å²) in [5.41, 5.74) is 3.46. The summed E-state index contributed by atoms with van der Waals surface area (Å²) >= 11 is 0. The average Bonchev–Trinajstić information content (AvgIpc) is 2.84. The number of ether oxygens (including phenoxy) is 2. The van der Waals surface area contributed by atoms with Gasteiger partial charge < -0.3 is 9.47 Å². The standard InChI is InChI=1S/C26H27FN2O3/c1-31-26(30)22-15-19(16-28-17-22)18-29-13-11-24(12-14-29)32-25(20-5-3-2-4-6-20)21-7-9-23(27)10-8-21/h2-10,15-17,24-25H,11-14,18H2,1H3. The summed E-state index contributed by atoms with van der Waals surface area (Å²) in [6.45, 7) is 2.50. The van der Waals surface area contributed by atoms with E-state index in [1.54, 1.807) is 18.3 Å². The van der Waals surface area contributed by atoms with Crippen LogP contribution in [0.4, 0.5) is 4.39 Å². The minimum Gasteiger partial charge on any atom is -0.465 e. The predicted octanol–water partition coefficient (Wildman–Crippen LogP) is 4.78. The number of nitrogens with zero attached hydrogens (tertiary/aromatic N) is 2. The number of carbonyl (C=O) groups excluding carboxylic acids is 1. The number of likely N-dealkylation sites (tertiary alicyclic amines) is 1. The van der Waals surface area contributed by atoms with Crippen molar-refractivity contribution in [1.29, 1.82) is 0 Å². The Balaban J connectivity index is 1.38. The molecule has 0 amide bonds. The lowest BCUT2D eigenvalue weighted by Crippen LogP contribution is -2.37. The molecule has 1 aliphatic heterocycles. The zero-order chi connectivity index (χ0) is 22.3. The first-order valence-corrected chi connectivity index (χ1v) is 10.8. The maximum atomic E-state index is 13.4. The number of esters is 1. The van der Waals surface area contributed by atoms with Crippen LogP contribution < -0.4 is 0 Å². The molecule has 0 radical (unpaired) electrons. The van der Waals surface area contributed by atoms with Crippen molar-refractivity contribution in [2.75, 3.05) is 20.2 Å². The molecule has 1 unspecified atom stereocenters. The molecule has 0 saturated carbocycles. The highest BCUT2D eigenvalue weighted by Crippen LogP contribution is 2.30. The van der Waals surface area contributed by atoms with Crippen LogP contribution in [0.1, 0.15) is 46.0 Å². The number of pyridine rings is 1. The highest BCUT2D eigenvalue weighted by atomic mass is 19.1. The van der Waals surface area contributed by atoms with Gasteiger partial charge in [-0.05, 0) is 47.7 Å². The summed E-state index contributed by atoms with van der Waals surface area (Å²) in [6, 6.07) is 18.4. The van der Waals surface area contributed by atoms with Gasteiger partial charge in [-0.15, -0.1) is 0 Å². The fourth-order valence-electron chi connectivity index (χ4n) is 4.07. The third-order valence-corrected chi connectivity index (χ3v) is 5.76. The van der Waals surface area contributed by atoms with E-state index in [1.807, 2.05) is 36.4 Å². The fraction of sp³-hybridized carbons (Fsp3) is 0.308. The molecule has 2 heterocycles. The van der Waals surface area contributed by atoms with Gasteiger partial charge >= 0.3 is 5.97 Å². The second-order valence-electron chi connectivity index (χ2n) is 8.03. The van der Waals surface area contributed by atoms with Crippen molar-refractivity contribution in [3.63, 3.8) is 0 Å². The van der Waals surface area contributed by atoms with Crippen molar-refractivity contribution >= 4 is 5.97 Å². The van der Waals surface area contributed by atoms with Crippen molar-refractivity contribution < 1.29 is 18.7 Å². The highest BCUT2D eigenvalue weighted by Gasteiger charge is 2.25. The third-order valence-electron chi connectivity index (χ3n) is 5.76. The molecule has 3 aromatic rings. The number of rotatable bonds is 7. The number of benzene rings is 2. The maximum absolute atomic E-state index is 13.4. The minimum absolute atomic E-state index is 0.112. The smallest absolute Gasteiger partial charge is 0.339 e. The van der Waals surface area contributed by atoms with E-state index in [9.17, 15) is 9.18 Å². The lowest BCUT2D eigenvalue weighted by molar-refractivity contribution is -0.0281. The minimum atomic E-state index is -0.376. The van der Waals surface area contributed by atoms with Crippen LogP contribution in [0.25, 0.3) is 0 Å². The molecule has 1 aromatic heterocycles. The first-order chi connectivity index (χ1) is 15.6. The zero-order valence-corrected chi connectivity index (χ0v) is 18.1. The Hall–Kier alpha value is -3.09. The Morgan fingerprint density at radius 3 is 2.44 bits per heavy atom. The van der Waals surface area contributed by atoms with Gasteiger partial charge in [0.1, 0.15) is 11.9 Å². The van der Waals surface area contributed by atoms with Gasteiger partial charge in [-0.3, -0.25) is 9.88 Å². The van der Waals surface area contributed by atoms with Crippen LogP contribution in [0.5, 0.6) is 0 Å². The van der Waals surface area contributed by atoms with Gasteiger partial charge in [0.2, 0.25) is 0 Å². The SMILES string of the molecule is COC(=O)c1cncc(CN2CCC(OC(c3ccccc3)c3ccc(F)cc3)CC2)c1. The van der Waals surface area contributed by atoms with Crippen molar-refractivity contribution in [3.05, 3.63) is 101 Å². The van der Waals surface area contributed by atoms with Crippen LogP contribution in [0, 0.1) is 5.82 Å². The van der Waals surface area contributed by atoms with Gasteiger partial charge in [0.05, 0.1) is 18.8 Å². The summed E-state index contributed by atoms with van der Waals surface area (Å²) in [5, 5.41) is 0. The summed E-state index contributed by atoms with van der Waals surface area (Å²) in [6.07, 6.45) is 4.99. The first-order valence-electron chi connectivity index (χ1n) is 10.8. The summed E-state index contributed by atoms with van der Waals surface area (Å²) in [7, 11) is 1.37. The zero-order valence-electron chi connectivity index (χ0n) is 18.1. The van der Waals surface area contributed by atoms with E-state index in [4.69, 9.17) is 9.47 Å². The maximum Gasteiger partial charge on any atom is 0.339 e. The van der Waals surface area contributed by atoms with Gasteiger partial charge in [0.25, 0.3) is 0 Å². The Labute approximate surface area is 187 Å². The van der Waals surface area contributed by atoms with E-state index in [0.29, 0.717) is 5.56 Å². The molecule has 0 aliphatic carbocycles. The number of hydrogen-bond acceptors (Lipinski definition) is 5. The first kappa shape index (κ1) is 22.1. The Morgan fingerprint density at radius 2 is 1.75 bits per heavy atom. The Bertz CT molecular complexity index is 1020. The van der Waals surface area contributed by atoms with Gasteiger partial charge in [0.15, 0.2) is 0 Å². The molecule has 0 bridgehead atoms. The molecule has 1 saturated heterocycles. The normalized spacial score (nSPS) is 15.9. The van der Waals surface area contributed by atoms with Crippen molar-refractivity contribution in [2.24, 2.45) is 0 Å². The van der Waals surface area contributed by atoms with Crippen LogP contribution in [0.15, 0.2) is 73.1 Å². The van der Waals surface area contributed by atoms with Gasteiger partial charge in [-0.2, -0.15) is 0 Å². The Morgan fingerprint density at radius 1 is 1.06 bits per heavy atom. The topological polar surface area (TPSA) is 51.7 Å². The van der Waals surface area contributed by atoms with E-state index in [0.717, 1.165) is 49.2 Å². The highest BCUT2D eigenvalue weighted by molar-refractivity contribution is 5.89. The van der Waals surface area contributed by atoms with Crippen LogP contribution in [-0.2, 0) is 16.0 Å². The van der Waals surface area contributed by atoms with E-state index in [2.05, 4.69) is 9.88 Å². The van der Waals surface area contributed by atoms with E-state index in [1.165, 1.54) is 25.4 Å². The van der Waals surface area contributed by atoms with Gasteiger partial charge in [-0.1, -0.05) is 42.5 Å². The molecule has 1 aliphatic rings. The molecule has 2 aromatic carbocycles. The average molecular weight is 435 g/mol. The van der Waals surface area contributed by atoms with Gasteiger partial charge in [-0.25, -0.2) is 9.18 Å². The molecule has 1 atom stereocenters. The van der Waals surface area contributed by atoms with E-state index < -0.39 is 0 Å². The molecule has 6 heteroatoms. The number of hydrogen-bond donors (Lipinski definition) is 0. The molecule has 0 spiro atoms. The lowest BCUT2D eigenvalue weighted by Gasteiger charge is -2.34. The van der Waals surface area contributed by atoms with Crippen LogP contribution in [-0.4, -0.2) is 42.2 Å². The molecule has 32 heavy (non-hydrogen) atoms. The summed E-state index contributed by atoms with van der Waals surface area (Å²) in [5.74, 6) is -0.626. The Kier molecular flexibility index (Phi) is 7.24. The number of carbonyl (C=O) groups is 1. The quantitative estimate of drug-likeness (QED) is 0.501. The number of methoxy groups -OCH3 is 1. The van der Waals surface area contributed by atoms with Crippen molar-refractivity contribution in [2.45, 2.75) is 31.6 Å². The van der Waals surface area contributed by atoms with E-state index in [-0.39, 0.29) is 24.0 Å². The molecule has 166 valence electrons. The molecule has 1 fully saturated rings. The summed E-state index contributed by atoms with van der Waals surface area (Å²) < 4.78 is 24.8. The van der Waals surface area contributed by atoms with Crippen molar-refractivity contribution in [1.82, 2.24) is 9.88 Å². The molecular formula is C26H27FN2O3. The molecule has 5 nitrogen and oxygen atoms in total.